The molecule has 2 aliphatic rings. The van der Waals surface area contributed by atoms with Crippen molar-refractivity contribution in [1.82, 2.24) is 24.9 Å². The predicted octanol–water partition coefficient (Wildman–Crippen LogP) is 1.37. The van der Waals surface area contributed by atoms with Crippen LogP contribution in [0.15, 0.2) is 6.20 Å². The molecule has 1 aromatic heterocycles. The highest BCUT2D eigenvalue weighted by Gasteiger charge is 2.25. The van der Waals surface area contributed by atoms with Gasteiger partial charge in [-0.3, -0.25) is 9.58 Å². The van der Waals surface area contributed by atoms with Gasteiger partial charge in [-0.05, 0) is 38.9 Å². The molecule has 1 aromatic rings. The number of nitrogens with zero attached hydrogens (tertiary/aromatic N) is 4. The Hall–Kier alpha value is -1.14. The van der Waals surface area contributed by atoms with Crippen molar-refractivity contribution in [3.05, 3.63) is 17.5 Å². The largest absolute Gasteiger partial charge is 0.360 e. The summed E-state index contributed by atoms with van der Waals surface area (Å²) in [5, 5.41) is 8.82. The molecule has 2 fully saturated rings. The maximum Gasteiger partial charge on any atom is 0.169 e. The van der Waals surface area contributed by atoms with E-state index in [1.807, 2.05) is 6.20 Å². The molecule has 0 radical (unpaired) electrons. The molecule has 116 valence electrons. The average Bonchev–Trinajstić information content (AvgIpc) is 3.24. The lowest BCUT2D eigenvalue weighted by atomic mass is 10.2. The Balaban J connectivity index is 1.48. The summed E-state index contributed by atoms with van der Waals surface area (Å²) in [5.41, 5.74) is 2.65. The molecule has 6 heteroatoms. The molecule has 0 aromatic carbocycles. The molecular formula is C15H25N5S. The van der Waals surface area contributed by atoms with Crippen molar-refractivity contribution in [2.45, 2.75) is 45.8 Å². The van der Waals surface area contributed by atoms with Crippen LogP contribution in [0.3, 0.4) is 0 Å². The Labute approximate surface area is 132 Å². The van der Waals surface area contributed by atoms with E-state index in [1.54, 1.807) is 0 Å². The fourth-order valence-electron chi connectivity index (χ4n) is 2.80. The number of hydrogen-bond acceptors (Lipinski definition) is 3. The molecule has 21 heavy (non-hydrogen) atoms. The van der Waals surface area contributed by atoms with Crippen LogP contribution in [0, 0.1) is 6.92 Å². The van der Waals surface area contributed by atoms with Crippen molar-refractivity contribution in [2.24, 2.45) is 0 Å². The van der Waals surface area contributed by atoms with Crippen LogP contribution >= 0.6 is 12.2 Å². The highest BCUT2D eigenvalue weighted by atomic mass is 32.1. The summed E-state index contributed by atoms with van der Waals surface area (Å²) < 4.78 is 2.07. The lowest BCUT2D eigenvalue weighted by molar-refractivity contribution is 0.174. The summed E-state index contributed by atoms with van der Waals surface area (Å²) in [6, 6.07) is 0.651. The fraction of sp³-hybridized carbons (Fsp3) is 0.733. The van der Waals surface area contributed by atoms with Gasteiger partial charge in [0.1, 0.15) is 0 Å². The SMILES string of the molecule is CCn1ncc(CN2CCN(C(=S)NC3CC3)CC2)c1C. The van der Waals surface area contributed by atoms with Crippen LogP contribution in [0.5, 0.6) is 0 Å². The molecule has 1 saturated carbocycles. The summed E-state index contributed by atoms with van der Waals surface area (Å²) in [7, 11) is 0. The van der Waals surface area contributed by atoms with Gasteiger partial charge in [0, 0.05) is 56.6 Å². The zero-order chi connectivity index (χ0) is 14.8. The van der Waals surface area contributed by atoms with E-state index in [0.717, 1.165) is 44.4 Å². The molecule has 0 unspecified atom stereocenters. The van der Waals surface area contributed by atoms with Gasteiger partial charge in [0.15, 0.2) is 5.11 Å². The summed E-state index contributed by atoms with van der Waals surface area (Å²) in [5.74, 6) is 0. The normalized spacial score (nSPS) is 19.8. The topological polar surface area (TPSA) is 36.3 Å². The van der Waals surface area contributed by atoms with Crippen LogP contribution in [0.2, 0.25) is 0 Å². The van der Waals surface area contributed by atoms with Gasteiger partial charge in [0.2, 0.25) is 0 Å². The maximum absolute atomic E-state index is 5.48. The van der Waals surface area contributed by atoms with E-state index < -0.39 is 0 Å². The van der Waals surface area contributed by atoms with E-state index in [4.69, 9.17) is 12.2 Å². The van der Waals surface area contributed by atoms with Gasteiger partial charge in [-0.25, -0.2) is 0 Å². The Morgan fingerprint density at radius 1 is 1.33 bits per heavy atom. The molecule has 0 amide bonds. The van der Waals surface area contributed by atoms with Crippen molar-refractivity contribution in [2.75, 3.05) is 26.2 Å². The van der Waals surface area contributed by atoms with Gasteiger partial charge in [0.25, 0.3) is 0 Å². The molecule has 5 nitrogen and oxygen atoms in total. The molecular weight excluding hydrogens is 282 g/mol. The molecule has 2 heterocycles. The van der Waals surface area contributed by atoms with Gasteiger partial charge < -0.3 is 10.2 Å². The van der Waals surface area contributed by atoms with Crippen LogP contribution in [0.1, 0.15) is 31.0 Å². The quantitative estimate of drug-likeness (QED) is 0.850. The second-order valence-electron chi connectivity index (χ2n) is 6.06. The summed E-state index contributed by atoms with van der Waals surface area (Å²) in [4.78, 5) is 4.81. The Kier molecular flexibility index (Phi) is 4.45. The molecule has 1 N–H and O–H groups in total. The van der Waals surface area contributed by atoms with Gasteiger partial charge in [-0.15, -0.1) is 0 Å². The van der Waals surface area contributed by atoms with Crippen LogP contribution < -0.4 is 5.32 Å². The third-order valence-corrected chi connectivity index (χ3v) is 4.84. The molecule has 3 rings (SSSR count). The minimum absolute atomic E-state index is 0.651. The van der Waals surface area contributed by atoms with Crippen molar-refractivity contribution in [3.63, 3.8) is 0 Å². The minimum Gasteiger partial charge on any atom is -0.360 e. The Morgan fingerprint density at radius 2 is 2.05 bits per heavy atom. The number of aromatic nitrogens is 2. The van der Waals surface area contributed by atoms with Crippen LogP contribution in [-0.2, 0) is 13.1 Å². The number of rotatable bonds is 4. The molecule has 0 bridgehead atoms. The third-order valence-electron chi connectivity index (χ3n) is 4.46. The maximum atomic E-state index is 5.48. The van der Waals surface area contributed by atoms with E-state index in [1.165, 1.54) is 24.1 Å². The lowest BCUT2D eigenvalue weighted by Gasteiger charge is -2.36. The second-order valence-corrected chi connectivity index (χ2v) is 6.44. The van der Waals surface area contributed by atoms with Gasteiger partial charge >= 0.3 is 0 Å². The lowest BCUT2D eigenvalue weighted by Crippen LogP contribution is -2.51. The van der Waals surface area contributed by atoms with Crippen molar-refractivity contribution < 1.29 is 0 Å². The van der Waals surface area contributed by atoms with Crippen molar-refractivity contribution in [1.29, 1.82) is 0 Å². The number of piperazine rings is 1. The summed E-state index contributed by atoms with van der Waals surface area (Å²) in [6.07, 6.45) is 4.58. The predicted molar refractivity (Wildman–Crippen MR) is 88.2 cm³/mol. The first-order chi connectivity index (χ1) is 10.2. The monoisotopic (exact) mass is 307 g/mol. The van der Waals surface area contributed by atoms with Crippen molar-refractivity contribution >= 4 is 17.3 Å². The fourth-order valence-corrected chi connectivity index (χ4v) is 3.15. The first-order valence-electron chi connectivity index (χ1n) is 7.96. The van der Waals surface area contributed by atoms with E-state index in [2.05, 4.69) is 38.7 Å². The van der Waals surface area contributed by atoms with E-state index in [-0.39, 0.29) is 0 Å². The van der Waals surface area contributed by atoms with Gasteiger partial charge in [0.05, 0.1) is 6.20 Å². The first kappa shape index (κ1) is 14.8. The van der Waals surface area contributed by atoms with Crippen LogP contribution in [0.4, 0.5) is 0 Å². The molecule has 1 saturated heterocycles. The molecule has 1 aliphatic carbocycles. The zero-order valence-electron chi connectivity index (χ0n) is 13.0. The standard InChI is InChI=1S/C15H25N5S/c1-3-20-12(2)13(10-16-20)11-18-6-8-19(9-7-18)15(21)17-14-4-5-14/h10,14H,3-9,11H2,1-2H3,(H,17,21). The van der Waals surface area contributed by atoms with Crippen molar-refractivity contribution in [3.8, 4) is 0 Å². The second kappa shape index (κ2) is 6.32. The van der Waals surface area contributed by atoms with Crippen LogP contribution in [0.25, 0.3) is 0 Å². The van der Waals surface area contributed by atoms with Gasteiger partial charge in [-0.1, -0.05) is 0 Å². The summed E-state index contributed by atoms with van der Waals surface area (Å²) in [6.45, 7) is 10.4. The third kappa shape index (κ3) is 3.55. The number of thiocarbonyl (C=S) groups is 1. The summed E-state index contributed by atoms with van der Waals surface area (Å²) >= 11 is 5.48. The number of nitrogens with one attached hydrogen (secondary N) is 1. The Bertz CT molecular complexity index is 500. The molecule has 0 atom stereocenters. The van der Waals surface area contributed by atoms with Crippen LogP contribution in [-0.4, -0.2) is 56.9 Å². The minimum atomic E-state index is 0.651. The molecule has 0 spiro atoms. The highest BCUT2D eigenvalue weighted by Crippen LogP contribution is 2.19. The highest BCUT2D eigenvalue weighted by molar-refractivity contribution is 7.80. The number of aryl methyl sites for hydroxylation is 1. The number of hydrogen-bond donors (Lipinski definition) is 1. The molecule has 1 aliphatic heterocycles. The Morgan fingerprint density at radius 3 is 2.62 bits per heavy atom. The smallest absolute Gasteiger partial charge is 0.169 e. The first-order valence-corrected chi connectivity index (χ1v) is 8.37. The zero-order valence-corrected chi connectivity index (χ0v) is 13.8. The average molecular weight is 307 g/mol. The van der Waals surface area contributed by atoms with E-state index in [9.17, 15) is 0 Å². The van der Waals surface area contributed by atoms with E-state index in [0.29, 0.717) is 6.04 Å². The van der Waals surface area contributed by atoms with E-state index >= 15 is 0 Å². The van der Waals surface area contributed by atoms with Gasteiger partial charge in [-0.2, -0.15) is 5.10 Å².